The molecule has 0 amide bonds. The number of carbonyl (C=O) groups is 1. The number of nitrogens with one attached hydrogen (secondary N) is 1. The van der Waals surface area contributed by atoms with Gasteiger partial charge in [0.15, 0.2) is 0 Å². The molecular formula is C11H22N2O5S. The van der Waals surface area contributed by atoms with Crippen LogP contribution >= 0.6 is 0 Å². The first-order valence-corrected chi connectivity index (χ1v) is 7.73. The van der Waals surface area contributed by atoms with Gasteiger partial charge in [-0.2, -0.15) is 17.4 Å². The minimum absolute atomic E-state index is 0.00181. The minimum Gasteiger partial charge on any atom is -0.469 e. The molecule has 1 aliphatic carbocycles. The molecule has 19 heavy (non-hydrogen) atoms. The third-order valence-corrected chi connectivity index (χ3v) is 4.90. The first-order chi connectivity index (χ1) is 8.79. The number of aliphatic hydroxyl groups is 1. The Morgan fingerprint density at radius 3 is 2.53 bits per heavy atom. The van der Waals surface area contributed by atoms with Crippen molar-refractivity contribution in [3.05, 3.63) is 0 Å². The van der Waals surface area contributed by atoms with Crippen LogP contribution in [0.3, 0.4) is 0 Å². The molecule has 1 saturated carbocycles. The average molecular weight is 294 g/mol. The van der Waals surface area contributed by atoms with Crippen molar-refractivity contribution in [2.24, 2.45) is 0 Å². The van der Waals surface area contributed by atoms with Gasteiger partial charge in [0.1, 0.15) is 0 Å². The van der Waals surface area contributed by atoms with Crippen LogP contribution in [0, 0.1) is 0 Å². The maximum Gasteiger partial charge on any atom is 0.306 e. The molecule has 8 heteroatoms. The van der Waals surface area contributed by atoms with Crippen LogP contribution in [0.1, 0.15) is 32.1 Å². The highest BCUT2D eigenvalue weighted by Crippen LogP contribution is 2.28. The monoisotopic (exact) mass is 294 g/mol. The summed E-state index contributed by atoms with van der Waals surface area (Å²) in [7, 11) is -1.04. The van der Waals surface area contributed by atoms with Crippen molar-refractivity contribution in [3.8, 4) is 0 Å². The molecule has 1 aliphatic rings. The van der Waals surface area contributed by atoms with E-state index < -0.39 is 21.8 Å². The van der Waals surface area contributed by atoms with Gasteiger partial charge in [-0.3, -0.25) is 4.79 Å². The largest absolute Gasteiger partial charge is 0.469 e. The van der Waals surface area contributed by atoms with E-state index in [0.717, 1.165) is 17.1 Å². The predicted octanol–water partition coefficient (Wildman–Crippen LogP) is -0.379. The maximum atomic E-state index is 11.9. The highest BCUT2D eigenvalue weighted by atomic mass is 32.2. The highest BCUT2D eigenvalue weighted by Gasteiger charge is 2.33. The van der Waals surface area contributed by atoms with Crippen LogP contribution in [-0.2, 0) is 19.7 Å². The van der Waals surface area contributed by atoms with E-state index in [0.29, 0.717) is 12.8 Å². The number of rotatable bonds is 7. The summed E-state index contributed by atoms with van der Waals surface area (Å²) in [5.41, 5.74) is -0.934. The average Bonchev–Trinajstić information content (AvgIpc) is 2.80. The number of hydrogen-bond donors (Lipinski definition) is 2. The second kappa shape index (κ2) is 6.65. The Morgan fingerprint density at radius 2 is 2.00 bits per heavy atom. The number of ether oxygens (including phenoxy) is 1. The summed E-state index contributed by atoms with van der Waals surface area (Å²) in [6.07, 6.45) is 3.05. The summed E-state index contributed by atoms with van der Waals surface area (Å²) >= 11 is 0. The van der Waals surface area contributed by atoms with Crippen molar-refractivity contribution in [1.82, 2.24) is 9.03 Å². The van der Waals surface area contributed by atoms with E-state index in [2.05, 4.69) is 9.46 Å². The summed E-state index contributed by atoms with van der Waals surface area (Å²) in [6.45, 7) is 0.0539. The lowest BCUT2D eigenvalue weighted by Crippen LogP contribution is -2.46. The van der Waals surface area contributed by atoms with Gasteiger partial charge in [0.25, 0.3) is 10.2 Å². The fourth-order valence-corrected chi connectivity index (χ4v) is 3.02. The third-order valence-electron chi connectivity index (χ3n) is 3.39. The van der Waals surface area contributed by atoms with Crippen molar-refractivity contribution < 1.29 is 23.1 Å². The molecule has 0 aliphatic heterocycles. The first kappa shape index (κ1) is 16.4. The van der Waals surface area contributed by atoms with Gasteiger partial charge in [0, 0.05) is 20.1 Å². The van der Waals surface area contributed by atoms with Crippen molar-refractivity contribution in [1.29, 1.82) is 0 Å². The zero-order valence-electron chi connectivity index (χ0n) is 11.4. The summed E-state index contributed by atoms with van der Waals surface area (Å²) in [6, 6.07) is 0. The Kier molecular flexibility index (Phi) is 5.72. The Morgan fingerprint density at radius 1 is 1.42 bits per heavy atom. The zero-order chi connectivity index (χ0) is 14.5. The smallest absolute Gasteiger partial charge is 0.306 e. The van der Waals surface area contributed by atoms with Gasteiger partial charge in [-0.25, -0.2) is 0 Å². The topological polar surface area (TPSA) is 95.9 Å². The molecule has 112 valence electrons. The predicted molar refractivity (Wildman–Crippen MR) is 69.6 cm³/mol. The summed E-state index contributed by atoms with van der Waals surface area (Å²) in [4.78, 5) is 11.0. The molecule has 0 atom stereocenters. The van der Waals surface area contributed by atoms with Crippen molar-refractivity contribution >= 4 is 16.2 Å². The van der Waals surface area contributed by atoms with Gasteiger partial charge in [0.05, 0.1) is 19.1 Å². The minimum atomic E-state index is -3.67. The van der Waals surface area contributed by atoms with Crippen LogP contribution in [0.5, 0.6) is 0 Å². The van der Waals surface area contributed by atoms with E-state index in [9.17, 15) is 18.3 Å². The second-order valence-electron chi connectivity index (χ2n) is 4.91. The van der Waals surface area contributed by atoms with Gasteiger partial charge >= 0.3 is 5.97 Å². The first-order valence-electron chi connectivity index (χ1n) is 6.29. The van der Waals surface area contributed by atoms with Crippen LogP contribution in [0.2, 0.25) is 0 Å². The van der Waals surface area contributed by atoms with Crippen LogP contribution in [-0.4, -0.2) is 56.6 Å². The van der Waals surface area contributed by atoms with Gasteiger partial charge in [-0.05, 0) is 12.8 Å². The maximum absolute atomic E-state index is 11.9. The van der Waals surface area contributed by atoms with E-state index in [4.69, 9.17) is 0 Å². The lowest BCUT2D eigenvalue weighted by atomic mass is 10.0. The fraction of sp³-hybridized carbons (Fsp3) is 0.909. The molecule has 0 heterocycles. The number of hydrogen-bond acceptors (Lipinski definition) is 5. The molecule has 1 rings (SSSR count). The number of esters is 1. The molecular weight excluding hydrogens is 272 g/mol. The fourth-order valence-electron chi connectivity index (χ4n) is 2.02. The lowest BCUT2D eigenvalue weighted by Gasteiger charge is -2.24. The van der Waals surface area contributed by atoms with Crippen molar-refractivity contribution in [2.45, 2.75) is 37.7 Å². The van der Waals surface area contributed by atoms with E-state index in [1.165, 1.54) is 14.2 Å². The van der Waals surface area contributed by atoms with E-state index in [-0.39, 0.29) is 19.5 Å². The standard InChI is InChI=1S/C11H22N2O5S/c1-13(8-5-10(14)18-2)19(16,17)12-9-11(15)6-3-4-7-11/h12,15H,3-9H2,1-2H3. The molecule has 0 bridgehead atoms. The Labute approximate surface area is 114 Å². The molecule has 0 unspecified atom stereocenters. The van der Waals surface area contributed by atoms with Gasteiger partial charge in [0.2, 0.25) is 0 Å². The van der Waals surface area contributed by atoms with E-state index in [1.807, 2.05) is 0 Å². The zero-order valence-corrected chi connectivity index (χ0v) is 12.2. The quantitative estimate of drug-likeness (QED) is 0.624. The molecule has 0 aromatic heterocycles. The van der Waals surface area contributed by atoms with Crippen LogP contribution < -0.4 is 4.72 Å². The van der Waals surface area contributed by atoms with Gasteiger partial charge < -0.3 is 9.84 Å². The Bertz CT molecular complexity index is 403. The number of nitrogens with zero attached hydrogens (tertiary/aromatic N) is 1. The Hall–Kier alpha value is -0.700. The molecule has 0 radical (unpaired) electrons. The Balaban J connectivity index is 2.43. The van der Waals surface area contributed by atoms with Gasteiger partial charge in [-0.1, -0.05) is 12.8 Å². The summed E-state index contributed by atoms with van der Waals surface area (Å²) < 4.78 is 31.6. The van der Waals surface area contributed by atoms with Crippen molar-refractivity contribution in [3.63, 3.8) is 0 Å². The summed E-state index contributed by atoms with van der Waals surface area (Å²) in [5, 5.41) is 10.1. The van der Waals surface area contributed by atoms with Crippen LogP contribution in [0.25, 0.3) is 0 Å². The normalized spacial score (nSPS) is 18.7. The third kappa shape index (κ3) is 5.06. The molecule has 0 spiro atoms. The SMILES string of the molecule is COC(=O)CCN(C)S(=O)(=O)NCC1(O)CCCC1. The van der Waals surface area contributed by atoms with Crippen LogP contribution in [0.4, 0.5) is 0 Å². The molecule has 0 saturated heterocycles. The van der Waals surface area contributed by atoms with E-state index >= 15 is 0 Å². The molecule has 7 nitrogen and oxygen atoms in total. The summed E-state index contributed by atoms with van der Waals surface area (Å²) in [5.74, 6) is -0.462. The van der Waals surface area contributed by atoms with E-state index in [1.54, 1.807) is 0 Å². The van der Waals surface area contributed by atoms with Crippen molar-refractivity contribution in [2.75, 3.05) is 27.2 Å². The molecule has 2 N–H and O–H groups in total. The molecule has 0 aromatic carbocycles. The van der Waals surface area contributed by atoms with Crippen LogP contribution in [0.15, 0.2) is 0 Å². The molecule has 1 fully saturated rings. The van der Waals surface area contributed by atoms with Gasteiger partial charge in [-0.15, -0.1) is 0 Å². The highest BCUT2D eigenvalue weighted by molar-refractivity contribution is 7.87. The molecule has 0 aromatic rings. The lowest BCUT2D eigenvalue weighted by molar-refractivity contribution is -0.140. The second-order valence-corrected chi connectivity index (χ2v) is 6.77. The number of carbonyl (C=O) groups excluding carboxylic acids is 1. The number of methoxy groups -OCH3 is 1.